The van der Waals surface area contributed by atoms with Crippen LogP contribution in [-0.4, -0.2) is 42.5 Å². The molecule has 1 aromatic carbocycles. The lowest BCUT2D eigenvalue weighted by molar-refractivity contribution is 0.212. The van der Waals surface area contributed by atoms with Gasteiger partial charge in [0, 0.05) is 18.2 Å². The lowest BCUT2D eigenvalue weighted by Gasteiger charge is -2.27. The zero-order valence-electron chi connectivity index (χ0n) is 14.0. The number of rotatable bonds is 5. The fraction of sp³-hybridized carbons (Fsp3) is 0.647. The van der Waals surface area contributed by atoms with Crippen LogP contribution in [-0.2, 0) is 16.4 Å². The van der Waals surface area contributed by atoms with Crippen molar-refractivity contribution in [3.05, 3.63) is 28.8 Å². The first-order chi connectivity index (χ1) is 10.2. The molecule has 1 atom stereocenters. The summed E-state index contributed by atoms with van der Waals surface area (Å²) in [6.07, 6.45) is 0.694. The fourth-order valence-electron chi connectivity index (χ4n) is 3.29. The maximum absolute atomic E-state index is 11.7. The second-order valence-electron chi connectivity index (χ2n) is 6.61. The molecule has 5 heteroatoms. The molecule has 1 heterocycles. The van der Waals surface area contributed by atoms with Gasteiger partial charge in [-0.05, 0) is 43.0 Å². The molecule has 0 bridgehead atoms. The molecule has 1 fully saturated rings. The largest absolute Gasteiger partial charge is 0.508 e. The number of hydrogen-bond donors (Lipinski definition) is 1. The van der Waals surface area contributed by atoms with E-state index in [4.69, 9.17) is 0 Å². The Hall–Kier alpha value is -1.07. The highest BCUT2D eigenvalue weighted by Crippen LogP contribution is 2.29. The van der Waals surface area contributed by atoms with Crippen molar-refractivity contribution in [2.24, 2.45) is 0 Å². The van der Waals surface area contributed by atoms with Crippen LogP contribution in [0.3, 0.4) is 0 Å². The molecule has 22 heavy (non-hydrogen) atoms. The quantitative estimate of drug-likeness (QED) is 0.904. The fourth-order valence-corrected chi connectivity index (χ4v) is 5.05. The van der Waals surface area contributed by atoms with E-state index in [2.05, 4.69) is 24.8 Å². The van der Waals surface area contributed by atoms with Crippen molar-refractivity contribution in [1.29, 1.82) is 0 Å². The maximum atomic E-state index is 11.7. The van der Waals surface area contributed by atoms with E-state index in [9.17, 15) is 13.5 Å². The van der Waals surface area contributed by atoms with Gasteiger partial charge >= 0.3 is 0 Å². The van der Waals surface area contributed by atoms with Gasteiger partial charge in [0.05, 0.1) is 11.5 Å². The molecule has 0 amide bonds. The van der Waals surface area contributed by atoms with E-state index in [1.807, 2.05) is 19.9 Å². The molecule has 1 N–H and O–H groups in total. The van der Waals surface area contributed by atoms with Crippen LogP contribution in [0.5, 0.6) is 5.75 Å². The Morgan fingerprint density at radius 1 is 1.36 bits per heavy atom. The lowest BCUT2D eigenvalue weighted by Crippen LogP contribution is -2.35. The number of aryl methyl sites for hydroxylation is 1. The first kappa shape index (κ1) is 17.3. The normalized spacial score (nSPS) is 20.9. The molecule has 124 valence electrons. The molecule has 0 unspecified atom stereocenters. The first-order valence-electron chi connectivity index (χ1n) is 8.00. The third kappa shape index (κ3) is 3.82. The van der Waals surface area contributed by atoms with E-state index in [1.54, 1.807) is 0 Å². The van der Waals surface area contributed by atoms with Crippen LogP contribution in [0.15, 0.2) is 12.1 Å². The Morgan fingerprint density at radius 3 is 2.55 bits per heavy atom. The summed E-state index contributed by atoms with van der Waals surface area (Å²) in [6.45, 7) is 9.72. The van der Waals surface area contributed by atoms with Crippen LogP contribution in [0, 0.1) is 6.92 Å². The molecule has 2 rings (SSSR count). The van der Waals surface area contributed by atoms with E-state index in [-0.39, 0.29) is 17.5 Å². The maximum Gasteiger partial charge on any atom is 0.151 e. The minimum Gasteiger partial charge on any atom is -0.508 e. The highest BCUT2D eigenvalue weighted by molar-refractivity contribution is 7.91. The Morgan fingerprint density at radius 2 is 2.05 bits per heavy atom. The predicted octanol–water partition coefficient (Wildman–Crippen LogP) is 2.83. The molecular weight excluding hydrogens is 298 g/mol. The SMILES string of the molecule is CCN(Cc1cc(C(C)C)c(C)cc1O)[C@@H]1CCS(=O)(=O)C1. The van der Waals surface area contributed by atoms with Gasteiger partial charge in [0.1, 0.15) is 5.75 Å². The van der Waals surface area contributed by atoms with Gasteiger partial charge in [0.25, 0.3) is 0 Å². The summed E-state index contributed by atoms with van der Waals surface area (Å²) in [6, 6.07) is 3.96. The van der Waals surface area contributed by atoms with E-state index in [1.165, 1.54) is 5.56 Å². The number of sulfone groups is 1. The number of phenolic OH excluding ortho intramolecular Hbond substituents is 1. The summed E-state index contributed by atoms with van der Waals surface area (Å²) in [7, 11) is -2.89. The van der Waals surface area contributed by atoms with Gasteiger partial charge in [-0.25, -0.2) is 8.42 Å². The second-order valence-corrected chi connectivity index (χ2v) is 8.84. The van der Waals surface area contributed by atoms with Crippen molar-refractivity contribution in [2.45, 2.75) is 52.6 Å². The molecule has 4 nitrogen and oxygen atoms in total. The van der Waals surface area contributed by atoms with Crippen molar-refractivity contribution >= 4 is 9.84 Å². The number of aromatic hydroxyl groups is 1. The average molecular weight is 325 g/mol. The van der Waals surface area contributed by atoms with E-state index in [0.717, 1.165) is 17.7 Å². The molecule has 0 radical (unpaired) electrons. The Balaban J connectivity index is 2.23. The van der Waals surface area contributed by atoms with Crippen molar-refractivity contribution in [1.82, 2.24) is 4.90 Å². The summed E-state index contributed by atoms with van der Waals surface area (Å²) in [5.74, 6) is 1.23. The summed E-state index contributed by atoms with van der Waals surface area (Å²) >= 11 is 0. The van der Waals surface area contributed by atoms with Crippen LogP contribution in [0.1, 0.15) is 49.8 Å². The van der Waals surface area contributed by atoms with Gasteiger partial charge in [0.2, 0.25) is 0 Å². The molecule has 1 saturated heterocycles. The molecule has 0 spiro atoms. The average Bonchev–Trinajstić information content (AvgIpc) is 2.77. The van der Waals surface area contributed by atoms with Crippen molar-refractivity contribution in [3.63, 3.8) is 0 Å². The second kappa shape index (κ2) is 6.59. The Labute approximate surface area is 134 Å². The Kier molecular flexibility index (Phi) is 5.17. The van der Waals surface area contributed by atoms with Crippen LogP contribution in [0.2, 0.25) is 0 Å². The van der Waals surface area contributed by atoms with E-state index in [0.29, 0.717) is 24.6 Å². The van der Waals surface area contributed by atoms with Crippen molar-refractivity contribution in [2.75, 3.05) is 18.1 Å². The van der Waals surface area contributed by atoms with Crippen molar-refractivity contribution in [3.8, 4) is 5.75 Å². The van der Waals surface area contributed by atoms with Gasteiger partial charge in [-0.15, -0.1) is 0 Å². The van der Waals surface area contributed by atoms with Gasteiger partial charge in [0.15, 0.2) is 9.84 Å². The number of phenols is 1. The zero-order chi connectivity index (χ0) is 16.5. The summed E-state index contributed by atoms with van der Waals surface area (Å²) in [4.78, 5) is 2.17. The lowest BCUT2D eigenvalue weighted by atomic mass is 9.95. The highest BCUT2D eigenvalue weighted by Gasteiger charge is 2.31. The van der Waals surface area contributed by atoms with E-state index < -0.39 is 9.84 Å². The van der Waals surface area contributed by atoms with Crippen LogP contribution in [0.25, 0.3) is 0 Å². The number of hydrogen-bond acceptors (Lipinski definition) is 4. The molecular formula is C17H27NO3S. The zero-order valence-corrected chi connectivity index (χ0v) is 14.8. The molecule has 1 aliphatic heterocycles. The third-order valence-electron chi connectivity index (χ3n) is 4.59. The van der Waals surface area contributed by atoms with Gasteiger partial charge < -0.3 is 5.11 Å². The highest BCUT2D eigenvalue weighted by atomic mass is 32.2. The first-order valence-corrected chi connectivity index (χ1v) is 9.82. The molecule has 0 aliphatic carbocycles. The van der Waals surface area contributed by atoms with Crippen LogP contribution >= 0.6 is 0 Å². The summed E-state index contributed by atoms with van der Waals surface area (Å²) in [5, 5.41) is 10.2. The number of nitrogens with zero attached hydrogens (tertiary/aromatic N) is 1. The van der Waals surface area contributed by atoms with Gasteiger partial charge in [-0.2, -0.15) is 0 Å². The van der Waals surface area contributed by atoms with Gasteiger partial charge in [-0.3, -0.25) is 4.90 Å². The summed E-state index contributed by atoms with van der Waals surface area (Å²) < 4.78 is 23.4. The molecule has 0 saturated carbocycles. The smallest absolute Gasteiger partial charge is 0.151 e. The molecule has 1 aliphatic rings. The Bertz CT molecular complexity index is 638. The molecule has 0 aromatic heterocycles. The topological polar surface area (TPSA) is 57.6 Å². The predicted molar refractivity (Wildman–Crippen MR) is 90.1 cm³/mol. The van der Waals surface area contributed by atoms with E-state index >= 15 is 0 Å². The monoisotopic (exact) mass is 325 g/mol. The molecule has 1 aromatic rings. The number of benzene rings is 1. The minimum absolute atomic E-state index is 0.0678. The minimum atomic E-state index is -2.89. The van der Waals surface area contributed by atoms with Crippen LogP contribution < -0.4 is 0 Å². The van der Waals surface area contributed by atoms with Crippen LogP contribution in [0.4, 0.5) is 0 Å². The van der Waals surface area contributed by atoms with Gasteiger partial charge in [-0.1, -0.05) is 26.8 Å². The van der Waals surface area contributed by atoms with Crippen molar-refractivity contribution < 1.29 is 13.5 Å². The standard InChI is InChI=1S/C17H27NO3S/c1-5-18(15-6-7-22(20,21)11-15)10-14-9-16(12(2)3)13(4)8-17(14)19/h8-9,12,15,19H,5-7,10-11H2,1-4H3/t15-/m1/s1. The summed E-state index contributed by atoms with van der Waals surface area (Å²) in [5.41, 5.74) is 3.23. The third-order valence-corrected chi connectivity index (χ3v) is 6.34.